The van der Waals surface area contributed by atoms with Crippen LogP contribution in [0.15, 0.2) is 24.5 Å². The third kappa shape index (κ3) is 3.16. The minimum absolute atomic E-state index is 0.112. The summed E-state index contributed by atoms with van der Waals surface area (Å²) in [7, 11) is 1.54. The molecule has 24 heavy (non-hydrogen) atoms. The van der Waals surface area contributed by atoms with Crippen molar-refractivity contribution in [2.75, 3.05) is 5.32 Å². The van der Waals surface area contributed by atoms with Gasteiger partial charge < -0.3 is 5.32 Å². The van der Waals surface area contributed by atoms with Gasteiger partial charge in [0.2, 0.25) is 0 Å². The van der Waals surface area contributed by atoms with Crippen LogP contribution in [0.3, 0.4) is 0 Å². The maximum atomic E-state index is 12.9. The lowest BCUT2D eigenvalue weighted by Gasteiger charge is -2.08. The van der Waals surface area contributed by atoms with E-state index in [9.17, 15) is 13.6 Å². The molecular weight excluding hydrogens is 320 g/mol. The number of carbonyl (C=O) groups is 1. The van der Waals surface area contributed by atoms with E-state index in [-0.39, 0.29) is 17.8 Å². The number of hydrogen-bond donors (Lipinski definition) is 2. The van der Waals surface area contributed by atoms with Gasteiger partial charge >= 0.3 is 6.03 Å². The topological polar surface area (TPSA) is 89.1 Å². The molecule has 0 spiro atoms. The molecular formula is C14H15F2N7O. The SMILES string of the molecule is Cc1cc2nccc(NC(=O)NCc3nn(C)cc3C(F)F)n2n1. The van der Waals surface area contributed by atoms with Crippen molar-refractivity contribution in [3.8, 4) is 0 Å². The lowest BCUT2D eigenvalue weighted by atomic mass is 10.2. The number of fused-ring (bicyclic) bond motifs is 1. The molecule has 0 unspecified atom stereocenters. The number of amides is 2. The van der Waals surface area contributed by atoms with Gasteiger partial charge in [-0.3, -0.25) is 10.00 Å². The average Bonchev–Trinajstić information content (AvgIpc) is 3.07. The van der Waals surface area contributed by atoms with Crippen molar-refractivity contribution in [2.45, 2.75) is 19.9 Å². The highest BCUT2D eigenvalue weighted by Gasteiger charge is 2.17. The predicted octanol–water partition coefficient (Wildman–Crippen LogP) is 2.03. The molecule has 3 rings (SSSR count). The largest absolute Gasteiger partial charge is 0.332 e. The number of carbonyl (C=O) groups excluding carboxylic acids is 1. The van der Waals surface area contributed by atoms with Gasteiger partial charge in [0.15, 0.2) is 5.65 Å². The van der Waals surface area contributed by atoms with Gasteiger partial charge in [-0.15, -0.1) is 0 Å². The summed E-state index contributed by atoms with van der Waals surface area (Å²) in [6.45, 7) is 1.70. The van der Waals surface area contributed by atoms with Gasteiger partial charge in [0, 0.05) is 25.5 Å². The van der Waals surface area contributed by atoms with Gasteiger partial charge in [-0.1, -0.05) is 0 Å². The molecule has 0 saturated carbocycles. The highest BCUT2D eigenvalue weighted by atomic mass is 19.3. The third-order valence-corrected chi connectivity index (χ3v) is 3.31. The van der Waals surface area contributed by atoms with Crippen LogP contribution in [0.2, 0.25) is 0 Å². The molecule has 0 aromatic carbocycles. The Morgan fingerprint density at radius 1 is 1.38 bits per heavy atom. The number of halogens is 2. The first-order chi connectivity index (χ1) is 11.4. The molecule has 2 amide bonds. The Morgan fingerprint density at radius 2 is 2.17 bits per heavy atom. The standard InChI is InChI=1S/C14H15F2N7O/c1-8-5-12-17-4-3-11(23(12)20-8)19-14(24)18-6-10-9(13(15)16)7-22(2)21-10/h3-5,7,13H,6H2,1-2H3,(H2,18,19,24). The number of alkyl halides is 2. The Labute approximate surface area is 135 Å². The molecule has 126 valence electrons. The summed E-state index contributed by atoms with van der Waals surface area (Å²) >= 11 is 0. The molecule has 0 aliphatic carbocycles. The molecule has 8 nitrogen and oxygen atoms in total. The quantitative estimate of drug-likeness (QED) is 0.763. The van der Waals surface area contributed by atoms with Crippen molar-refractivity contribution in [1.82, 2.24) is 29.7 Å². The Hall–Kier alpha value is -3.04. The van der Waals surface area contributed by atoms with Gasteiger partial charge in [-0.05, 0) is 13.0 Å². The molecule has 10 heteroatoms. The number of aryl methyl sites for hydroxylation is 2. The average molecular weight is 335 g/mol. The number of anilines is 1. The molecule has 0 saturated heterocycles. The smallest absolute Gasteiger partial charge is 0.320 e. The van der Waals surface area contributed by atoms with E-state index in [1.807, 2.05) is 6.92 Å². The van der Waals surface area contributed by atoms with E-state index < -0.39 is 12.5 Å². The Kier molecular flexibility index (Phi) is 4.11. The fourth-order valence-corrected chi connectivity index (χ4v) is 2.30. The summed E-state index contributed by atoms with van der Waals surface area (Å²) in [6.07, 6.45) is 0.128. The maximum Gasteiger partial charge on any atom is 0.320 e. The van der Waals surface area contributed by atoms with Crippen LogP contribution in [-0.2, 0) is 13.6 Å². The van der Waals surface area contributed by atoms with Gasteiger partial charge in [0.05, 0.1) is 23.5 Å². The van der Waals surface area contributed by atoms with E-state index in [1.54, 1.807) is 25.4 Å². The second kappa shape index (κ2) is 6.22. The zero-order valence-corrected chi connectivity index (χ0v) is 13.0. The summed E-state index contributed by atoms with van der Waals surface area (Å²) in [5, 5.41) is 13.3. The van der Waals surface area contributed by atoms with Crippen molar-refractivity contribution in [3.05, 3.63) is 41.5 Å². The number of nitrogens with one attached hydrogen (secondary N) is 2. The molecule has 3 aromatic heterocycles. The lowest BCUT2D eigenvalue weighted by molar-refractivity contribution is 0.150. The summed E-state index contributed by atoms with van der Waals surface area (Å²) < 4.78 is 28.6. The number of rotatable bonds is 4. The Morgan fingerprint density at radius 3 is 2.92 bits per heavy atom. The van der Waals surface area contributed by atoms with E-state index in [0.29, 0.717) is 11.5 Å². The van der Waals surface area contributed by atoms with Gasteiger partial charge in [0.25, 0.3) is 6.43 Å². The van der Waals surface area contributed by atoms with Crippen LogP contribution < -0.4 is 10.6 Å². The number of nitrogens with zero attached hydrogens (tertiary/aromatic N) is 5. The molecule has 0 radical (unpaired) electrons. The van der Waals surface area contributed by atoms with Crippen LogP contribution in [-0.4, -0.2) is 30.4 Å². The van der Waals surface area contributed by atoms with Crippen LogP contribution in [0.5, 0.6) is 0 Å². The molecule has 0 bridgehead atoms. The van der Waals surface area contributed by atoms with Gasteiger partial charge in [-0.25, -0.2) is 18.6 Å². The molecule has 3 heterocycles. The second-order valence-electron chi connectivity index (χ2n) is 5.20. The van der Waals surface area contributed by atoms with E-state index >= 15 is 0 Å². The highest BCUT2D eigenvalue weighted by molar-refractivity contribution is 5.88. The van der Waals surface area contributed by atoms with Crippen LogP contribution in [0, 0.1) is 6.92 Å². The first kappa shape index (κ1) is 15.8. The normalized spacial score (nSPS) is 11.2. The number of aromatic nitrogens is 5. The Balaban J connectivity index is 1.70. The molecule has 0 aliphatic rings. The van der Waals surface area contributed by atoms with Crippen LogP contribution >= 0.6 is 0 Å². The predicted molar refractivity (Wildman–Crippen MR) is 81.7 cm³/mol. The van der Waals surface area contributed by atoms with Crippen molar-refractivity contribution in [2.24, 2.45) is 7.05 Å². The minimum Gasteiger partial charge on any atom is -0.332 e. The molecule has 0 aliphatic heterocycles. The fourth-order valence-electron chi connectivity index (χ4n) is 2.30. The minimum atomic E-state index is -2.65. The summed E-state index contributed by atoms with van der Waals surface area (Å²) in [4.78, 5) is 16.1. The van der Waals surface area contributed by atoms with Crippen LogP contribution in [0.1, 0.15) is 23.4 Å². The molecule has 0 fully saturated rings. The van der Waals surface area contributed by atoms with E-state index in [4.69, 9.17) is 0 Å². The Bertz CT molecular complexity index is 887. The van der Waals surface area contributed by atoms with Crippen LogP contribution in [0.4, 0.5) is 19.4 Å². The maximum absolute atomic E-state index is 12.9. The van der Waals surface area contributed by atoms with E-state index in [1.165, 1.54) is 15.4 Å². The number of urea groups is 1. The summed E-state index contributed by atoms with van der Waals surface area (Å²) in [5.74, 6) is 0.417. The second-order valence-corrected chi connectivity index (χ2v) is 5.20. The number of hydrogen-bond acceptors (Lipinski definition) is 4. The molecule has 3 aromatic rings. The monoisotopic (exact) mass is 335 g/mol. The highest BCUT2D eigenvalue weighted by Crippen LogP contribution is 2.21. The van der Waals surface area contributed by atoms with Gasteiger partial charge in [-0.2, -0.15) is 14.7 Å². The zero-order valence-electron chi connectivity index (χ0n) is 13.0. The summed E-state index contributed by atoms with van der Waals surface area (Å²) in [5.41, 5.74) is 1.27. The van der Waals surface area contributed by atoms with Crippen molar-refractivity contribution < 1.29 is 13.6 Å². The lowest BCUT2D eigenvalue weighted by Crippen LogP contribution is -2.29. The molecule has 2 N–H and O–H groups in total. The fraction of sp³-hybridized carbons (Fsp3) is 0.286. The van der Waals surface area contributed by atoms with Crippen LogP contribution in [0.25, 0.3) is 5.65 Å². The van der Waals surface area contributed by atoms with E-state index in [0.717, 1.165) is 5.69 Å². The van der Waals surface area contributed by atoms with Gasteiger partial charge in [0.1, 0.15) is 5.82 Å². The first-order valence-electron chi connectivity index (χ1n) is 7.11. The first-order valence-corrected chi connectivity index (χ1v) is 7.11. The molecule has 0 atom stereocenters. The van der Waals surface area contributed by atoms with Crippen molar-refractivity contribution >= 4 is 17.5 Å². The summed E-state index contributed by atoms with van der Waals surface area (Å²) in [6, 6.07) is 2.80. The zero-order chi connectivity index (χ0) is 17.3. The van der Waals surface area contributed by atoms with Crippen molar-refractivity contribution in [1.29, 1.82) is 0 Å². The van der Waals surface area contributed by atoms with Crippen molar-refractivity contribution in [3.63, 3.8) is 0 Å². The van der Waals surface area contributed by atoms with E-state index in [2.05, 4.69) is 25.8 Å². The third-order valence-electron chi connectivity index (χ3n) is 3.31.